The van der Waals surface area contributed by atoms with Gasteiger partial charge in [-0.2, -0.15) is 0 Å². The lowest BCUT2D eigenvalue weighted by Crippen LogP contribution is -2.27. The summed E-state index contributed by atoms with van der Waals surface area (Å²) in [5, 5.41) is 5.70. The van der Waals surface area contributed by atoms with Crippen LogP contribution in [-0.2, 0) is 0 Å². The molecule has 2 amide bonds. The SMILES string of the molecule is Cc1cccc(NC(=O)c2ccc(C(=O)NCC(C)C)cc2)c1. The van der Waals surface area contributed by atoms with Crippen LogP contribution in [0.1, 0.15) is 40.1 Å². The number of anilines is 1. The maximum absolute atomic E-state index is 12.2. The van der Waals surface area contributed by atoms with Crippen molar-refractivity contribution in [3.8, 4) is 0 Å². The summed E-state index contributed by atoms with van der Waals surface area (Å²) in [6.45, 7) is 6.69. The van der Waals surface area contributed by atoms with Gasteiger partial charge in [0, 0.05) is 23.4 Å². The molecule has 0 spiro atoms. The third-order valence-electron chi connectivity index (χ3n) is 3.36. The minimum atomic E-state index is -0.190. The normalized spacial score (nSPS) is 10.4. The van der Waals surface area contributed by atoms with Gasteiger partial charge in [0.2, 0.25) is 0 Å². The molecular formula is C19H22N2O2. The molecule has 0 fully saturated rings. The van der Waals surface area contributed by atoms with Gasteiger partial charge in [0.05, 0.1) is 0 Å². The number of rotatable bonds is 5. The summed E-state index contributed by atoms with van der Waals surface area (Å²) in [6.07, 6.45) is 0. The van der Waals surface area contributed by atoms with Crippen LogP contribution in [0.2, 0.25) is 0 Å². The standard InChI is InChI=1S/C19H22N2O2/c1-13(2)12-20-18(22)15-7-9-16(10-8-15)19(23)21-17-6-4-5-14(3)11-17/h4-11,13H,12H2,1-3H3,(H,20,22)(H,21,23). The fourth-order valence-corrected chi connectivity index (χ4v) is 2.10. The van der Waals surface area contributed by atoms with Crippen molar-refractivity contribution in [3.63, 3.8) is 0 Å². The number of hydrogen-bond donors (Lipinski definition) is 2. The monoisotopic (exact) mass is 310 g/mol. The summed E-state index contributed by atoms with van der Waals surface area (Å²) in [5.41, 5.74) is 2.92. The van der Waals surface area contributed by atoms with E-state index < -0.39 is 0 Å². The maximum atomic E-state index is 12.2. The van der Waals surface area contributed by atoms with E-state index in [1.165, 1.54) is 0 Å². The Balaban J connectivity index is 2.01. The van der Waals surface area contributed by atoms with Crippen LogP contribution >= 0.6 is 0 Å². The topological polar surface area (TPSA) is 58.2 Å². The van der Waals surface area contributed by atoms with Gasteiger partial charge in [-0.15, -0.1) is 0 Å². The highest BCUT2D eigenvalue weighted by Gasteiger charge is 2.09. The largest absolute Gasteiger partial charge is 0.352 e. The molecule has 0 saturated carbocycles. The van der Waals surface area contributed by atoms with Crippen molar-refractivity contribution >= 4 is 17.5 Å². The van der Waals surface area contributed by atoms with Crippen molar-refractivity contribution in [2.45, 2.75) is 20.8 Å². The molecule has 0 bridgehead atoms. The zero-order valence-corrected chi connectivity index (χ0v) is 13.7. The Kier molecular flexibility index (Phi) is 5.52. The molecule has 0 aliphatic carbocycles. The lowest BCUT2D eigenvalue weighted by Gasteiger charge is -2.09. The quantitative estimate of drug-likeness (QED) is 0.886. The summed E-state index contributed by atoms with van der Waals surface area (Å²) in [7, 11) is 0. The minimum Gasteiger partial charge on any atom is -0.352 e. The molecule has 2 aromatic carbocycles. The van der Waals surface area contributed by atoms with Crippen LogP contribution in [0.15, 0.2) is 48.5 Å². The molecule has 4 heteroatoms. The molecule has 0 heterocycles. The van der Waals surface area contributed by atoms with Gasteiger partial charge in [-0.3, -0.25) is 9.59 Å². The number of benzene rings is 2. The molecule has 2 rings (SSSR count). The molecule has 120 valence electrons. The Labute approximate surface area is 136 Å². The Bertz CT molecular complexity index is 691. The Morgan fingerprint density at radius 3 is 2.13 bits per heavy atom. The summed E-state index contributed by atoms with van der Waals surface area (Å²) in [5.74, 6) is 0.0902. The molecule has 2 aromatic rings. The van der Waals surface area contributed by atoms with Crippen LogP contribution in [0.4, 0.5) is 5.69 Å². The third kappa shape index (κ3) is 4.95. The van der Waals surface area contributed by atoms with Gasteiger partial charge in [-0.1, -0.05) is 26.0 Å². The second kappa shape index (κ2) is 7.58. The zero-order chi connectivity index (χ0) is 16.8. The fraction of sp³-hybridized carbons (Fsp3) is 0.263. The van der Waals surface area contributed by atoms with Gasteiger partial charge in [-0.25, -0.2) is 0 Å². The second-order valence-corrected chi connectivity index (χ2v) is 6.00. The maximum Gasteiger partial charge on any atom is 0.255 e. The molecule has 0 radical (unpaired) electrons. The van der Waals surface area contributed by atoms with E-state index in [-0.39, 0.29) is 11.8 Å². The molecule has 0 aliphatic rings. The van der Waals surface area contributed by atoms with Gasteiger partial charge in [0.25, 0.3) is 11.8 Å². The molecular weight excluding hydrogens is 288 g/mol. The highest BCUT2D eigenvalue weighted by atomic mass is 16.2. The lowest BCUT2D eigenvalue weighted by atomic mass is 10.1. The highest BCUT2D eigenvalue weighted by molar-refractivity contribution is 6.05. The number of carbonyl (C=O) groups is 2. The average molecular weight is 310 g/mol. The lowest BCUT2D eigenvalue weighted by molar-refractivity contribution is 0.0947. The third-order valence-corrected chi connectivity index (χ3v) is 3.36. The number of hydrogen-bond acceptors (Lipinski definition) is 2. The summed E-state index contributed by atoms with van der Waals surface area (Å²) in [4.78, 5) is 24.2. The van der Waals surface area contributed by atoms with Crippen LogP contribution in [0, 0.1) is 12.8 Å². The number of nitrogens with one attached hydrogen (secondary N) is 2. The zero-order valence-electron chi connectivity index (χ0n) is 13.7. The predicted octanol–water partition coefficient (Wildman–Crippen LogP) is 3.63. The van der Waals surface area contributed by atoms with E-state index in [1.807, 2.05) is 45.0 Å². The van der Waals surface area contributed by atoms with Crippen molar-refractivity contribution in [2.24, 2.45) is 5.92 Å². The number of amides is 2. The molecule has 4 nitrogen and oxygen atoms in total. The van der Waals surface area contributed by atoms with Crippen molar-refractivity contribution in [1.82, 2.24) is 5.32 Å². The summed E-state index contributed by atoms with van der Waals surface area (Å²) < 4.78 is 0. The van der Waals surface area contributed by atoms with Gasteiger partial charge >= 0.3 is 0 Å². The Morgan fingerprint density at radius 2 is 1.57 bits per heavy atom. The van der Waals surface area contributed by atoms with E-state index in [0.717, 1.165) is 11.3 Å². The fourth-order valence-electron chi connectivity index (χ4n) is 2.10. The first kappa shape index (κ1) is 16.7. The average Bonchev–Trinajstić information content (AvgIpc) is 2.52. The van der Waals surface area contributed by atoms with Crippen LogP contribution in [0.3, 0.4) is 0 Å². The van der Waals surface area contributed by atoms with Crippen molar-refractivity contribution in [1.29, 1.82) is 0 Å². The predicted molar refractivity (Wildman–Crippen MR) is 92.7 cm³/mol. The van der Waals surface area contributed by atoms with Gasteiger partial charge < -0.3 is 10.6 Å². The first-order chi connectivity index (χ1) is 11.0. The second-order valence-electron chi connectivity index (χ2n) is 6.00. The van der Waals surface area contributed by atoms with E-state index in [9.17, 15) is 9.59 Å². The molecule has 0 unspecified atom stereocenters. The number of aryl methyl sites for hydroxylation is 1. The van der Waals surface area contributed by atoms with E-state index >= 15 is 0 Å². The molecule has 2 N–H and O–H groups in total. The molecule has 23 heavy (non-hydrogen) atoms. The van der Waals surface area contributed by atoms with Gasteiger partial charge in [-0.05, 0) is 54.8 Å². The Morgan fingerprint density at radius 1 is 0.957 bits per heavy atom. The summed E-state index contributed by atoms with van der Waals surface area (Å²) >= 11 is 0. The highest BCUT2D eigenvalue weighted by Crippen LogP contribution is 2.12. The van der Waals surface area contributed by atoms with Crippen LogP contribution in [0.25, 0.3) is 0 Å². The molecule has 0 saturated heterocycles. The molecule has 0 atom stereocenters. The van der Waals surface area contributed by atoms with Gasteiger partial charge in [0.15, 0.2) is 0 Å². The smallest absolute Gasteiger partial charge is 0.255 e. The van der Waals surface area contributed by atoms with E-state index in [1.54, 1.807) is 24.3 Å². The molecule has 0 aliphatic heterocycles. The minimum absolute atomic E-state index is 0.121. The van der Waals surface area contributed by atoms with Crippen LogP contribution < -0.4 is 10.6 Å². The first-order valence-electron chi connectivity index (χ1n) is 7.72. The summed E-state index contributed by atoms with van der Waals surface area (Å²) in [6, 6.07) is 14.3. The first-order valence-corrected chi connectivity index (χ1v) is 7.72. The Hall–Kier alpha value is -2.62. The molecule has 0 aromatic heterocycles. The van der Waals surface area contributed by atoms with Gasteiger partial charge in [0.1, 0.15) is 0 Å². The van der Waals surface area contributed by atoms with Crippen LogP contribution in [0.5, 0.6) is 0 Å². The van der Waals surface area contributed by atoms with E-state index in [0.29, 0.717) is 23.6 Å². The van der Waals surface area contributed by atoms with Crippen molar-refractivity contribution in [3.05, 3.63) is 65.2 Å². The van der Waals surface area contributed by atoms with Crippen molar-refractivity contribution in [2.75, 3.05) is 11.9 Å². The van der Waals surface area contributed by atoms with Crippen molar-refractivity contribution < 1.29 is 9.59 Å². The van der Waals surface area contributed by atoms with E-state index in [2.05, 4.69) is 10.6 Å². The number of carbonyl (C=O) groups excluding carboxylic acids is 2. The van der Waals surface area contributed by atoms with E-state index in [4.69, 9.17) is 0 Å². The van der Waals surface area contributed by atoms with Crippen LogP contribution in [-0.4, -0.2) is 18.4 Å².